The fraction of sp³-hybridized carbons (Fsp3) is 0.333. The molecule has 0 amide bonds. The third-order valence-corrected chi connectivity index (χ3v) is 4.96. The summed E-state index contributed by atoms with van der Waals surface area (Å²) in [4.78, 5) is 6.73. The number of aryl methyl sites for hydroxylation is 2. The van der Waals surface area contributed by atoms with Crippen LogP contribution >= 0.6 is 0 Å². The Morgan fingerprint density at radius 1 is 0.933 bits per heavy atom. The van der Waals surface area contributed by atoms with E-state index in [0.717, 1.165) is 12.8 Å². The van der Waals surface area contributed by atoms with Crippen molar-refractivity contribution in [2.24, 2.45) is 0 Å². The molecule has 0 unspecified atom stereocenters. The maximum atomic E-state index is 3.37. The van der Waals surface area contributed by atoms with E-state index in [0.29, 0.717) is 0 Å². The second-order valence-electron chi connectivity index (χ2n) is 3.40. The molecule has 2 nitrogen and oxygen atoms in total. The van der Waals surface area contributed by atoms with Crippen molar-refractivity contribution in [3.8, 4) is 0 Å². The fourth-order valence-corrected chi connectivity index (χ4v) is 3.98. The molecular formula is C12H16N2Ru. The van der Waals surface area contributed by atoms with Crippen LogP contribution in [0.4, 0.5) is 0 Å². The molecule has 3 heteroatoms. The van der Waals surface area contributed by atoms with Crippen LogP contribution in [0.2, 0.25) is 0 Å². The molecular weight excluding hydrogens is 273 g/mol. The summed E-state index contributed by atoms with van der Waals surface area (Å²) < 4.78 is 2.86. The van der Waals surface area contributed by atoms with Crippen molar-refractivity contribution in [2.75, 3.05) is 0 Å². The third kappa shape index (κ3) is 2.23. The molecule has 0 fully saturated rings. The van der Waals surface area contributed by atoms with Crippen LogP contribution in [0, 0.1) is 0 Å². The van der Waals surface area contributed by atoms with Gasteiger partial charge in [0.1, 0.15) is 0 Å². The van der Waals surface area contributed by atoms with Crippen molar-refractivity contribution in [1.82, 2.24) is 9.97 Å². The molecule has 2 aromatic heterocycles. The SMILES string of the molecule is CCc1cc[nH][c]1[Ru][c]1[nH]ccc1CC. The van der Waals surface area contributed by atoms with Crippen LogP contribution < -0.4 is 8.58 Å². The van der Waals surface area contributed by atoms with Crippen LogP contribution in [0.3, 0.4) is 0 Å². The second kappa shape index (κ2) is 4.80. The second-order valence-corrected chi connectivity index (χ2v) is 5.58. The Hall–Kier alpha value is -0.817. The van der Waals surface area contributed by atoms with E-state index < -0.39 is 0 Å². The van der Waals surface area contributed by atoms with Gasteiger partial charge in [-0.1, -0.05) is 0 Å². The molecule has 0 spiro atoms. The fourth-order valence-electron chi connectivity index (χ4n) is 1.54. The molecule has 0 aromatic carbocycles. The summed E-state index contributed by atoms with van der Waals surface area (Å²) in [5.74, 6) is 0. The van der Waals surface area contributed by atoms with Crippen LogP contribution in [-0.2, 0) is 30.0 Å². The van der Waals surface area contributed by atoms with Crippen LogP contribution in [-0.4, -0.2) is 9.97 Å². The van der Waals surface area contributed by atoms with Crippen molar-refractivity contribution >= 4 is 8.58 Å². The normalized spacial score (nSPS) is 11.1. The summed E-state index contributed by atoms with van der Waals surface area (Å²) in [6.45, 7) is 4.42. The van der Waals surface area contributed by atoms with Crippen molar-refractivity contribution in [2.45, 2.75) is 26.7 Å². The molecule has 2 rings (SSSR count). The van der Waals surface area contributed by atoms with E-state index in [-0.39, 0.29) is 17.1 Å². The number of rotatable bonds is 4. The Bertz CT molecular complexity index is 388. The minimum absolute atomic E-state index is 0.129. The van der Waals surface area contributed by atoms with Gasteiger partial charge in [0.05, 0.1) is 0 Å². The van der Waals surface area contributed by atoms with Crippen molar-refractivity contribution in [3.05, 3.63) is 35.7 Å². The third-order valence-electron chi connectivity index (χ3n) is 2.47. The Balaban J connectivity index is 2.21. The first-order valence-electron chi connectivity index (χ1n) is 5.30. The quantitative estimate of drug-likeness (QED) is 0.800. The van der Waals surface area contributed by atoms with Crippen molar-refractivity contribution < 1.29 is 17.1 Å². The summed E-state index contributed by atoms with van der Waals surface area (Å²) in [5.41, 5.74) is 2.93. The maximum absolute atomic E-state index is 3.37. The topological polar surface area (TPSA) is 31.6 Å². The summed E-state index contributed by atoms with van der Waals surface area (Å²) >= 11 is 0.129. The molecule has 0 aliphatic heterocycles. The number of aromatic amines is 2. The molecule has 0 aliphatic rings. The Morgan fingerprint density at radius 3 is 1.80 bits per heavy atom. The summed E-state index contributed by atoms with van der Waals surface area (Å²) in [7, 11) is 0. The Morgan fingerprint density at radius 2 is 1.40 bits per heavy atom. The average Bonchev–Trinajstić information content (AvgIpc) is 2.87. The number of nitrogens with one attached hydrogen (secondary N) is 2. The average molecular weight is 289 g/mol. The number of H-pyrrole nitrogens is 2. The number of hydrogen-bond acceptors (Lipinski definition) is 0. The molecule has 0 saturated heterocycles. The zero-order valence-electron chi connectivity index (χ0n) is 9.08. The Kier molecular flexibility index (Phi) is 3.42. The van der Waals surface area contributed by atoms with Gasteiger partial charge >= 0.3 is 98.0 Å². The molecule has 0 aliphatic carbocycles. The van der Waals surface area contributed by atoms with Gasteiger partial charge in [-0.2, -0.15) is 0 Å². The molecule has 0 bridgehead atoms. The van der Waals surface area contributed by atoms with E-state index in [9.17, 15) is 0 Å². The summed E-state index contributed by atoms with van der Waals surface area (Å²) in [6, 6.07) is 4.39. The van der Waals surface area contributed by atoms with Gasteiger partial charge < -0.3 is 0 Å². The van der Waals surface area contributed by atoms with Crippen LogP contribution in [0.5, 0.6) is 0 Å². The minimum atomic E-state index is 0.129. The summed E-state index contributed by atoms with van der Waals surface area (Å²) in [6.07, 6.45) is 6.35. The van der Waals surface area contributed by atoms with Gasteiger partial charge in [0.15, 0.2) is 0 Å². The number of hydrogen-bond donors (Lipinski definition) is 2. The van der Waals surface area contributed by atoms with E-state index in [1.165, 1.54) is 19.7 Å². The standard InChI is InChI=1S/2C6H8N.Ru/c2*1-2-6-3-4-7-5-6;/h2*3-4,7H,2H2,1H3;. The van der Waals surface area contributed by atoms with Crippen LogP contribution in [0.15, 0.2) is 24.5 Å². The van der Waals surface area contributed by atoms with Crippen molar-refractivity contribution in [3.63, 3.8) is 0 Å². The van der Waals surface area contributed by atoms with Gasteiger partial charge in [0.2, 0.25) is 0 Å². The molecule has 15 heavy (non-hydrogen) atoms. The van der Waals surface area contributed by atoms with Crippen molar-refractivity contribution in [1.29, 1.82) is 0 Å². The molecule has 0 saturated carbocycles. The number of aromatic nitrogens is 2. The van der Waals surface area contributed by atoms with Gasteiger partial charge in [0, 0.05) is 0 Å². The van der Waals surface area contributed by atoms with Gasteiger partial charge in [-0.05, 0) is 0 Å². The van der Waals surface area contributed by atoms with Gasteiger partial charge in [-0.3, -0.25) is 0 Å². The molecule has 2 aromatic rings. The van der Waals surface area contributed by atoms with E-state index >= 15 is 0 Å². The van der Waals surface area contributed by atoms with E-state index in [4.69, 9.17) is 0 Å². The molecule has 0 atom stereocenters. The first-order valence-corrected chi connectivity index (χ1v) is 7.03. The predicted octanol–water partition coefficient (Wildman–Crippen LogP) is 1.50. The monoisotopic (exact) mass is 290 g/mol. The Labute approximate surface area is 98.1 Å². The van der Waals surface area contributed by atoms with E-state index in [1.54, 1.807) is 0 Å². The zero-order chi connectivity index (χ0) is 10.7. The first kappa shape index (κ1) is 10.7. The molecule has 0 radical (unpaired) electrons. The van der Waals surface area contributed by atoms with Crippen LogP contribution in [0.25, 0.3) is 0 Å². The van der Waals surface area contributed by atoms with Gasteiger partial charge in [-0.25, -0.2) is 0 Å². The predicted molar refractivity (Wildman–Crippen MR) is 59.6 cm³/mol. The zero-order valence-corrected chi connectivity index (χ0v) is 10.8. The first-order chi connectivity index (χ1) is 7.35. The molecule has 82 valence electrons. The molecule has 2 N–H and O–H groups in total. The summed E-state index contributed by atoms with van der Waals surface area (Å²) in [5, 5.41) is 0. The molecule has 2 heterocycles. The van der Waals surface area contributed by atoms with Crippen LogP contribution in [0.1, 0.15) is 25.0 Å². The van der Waals surface area contributed by atoms with E-state index in [2.05, 4.69) is 48.3 Å². The van der Waals surface area contributed by atoms with Gasteiger partial charge in [-0.15, -0.1) is 0 Å². The van der Waals surface area contributed by atoms with E-state index in [1.807, 2.05) is 0 Å². The van der Waals surface area contributed by atoms with Gasteiger partial charge in [0.25, 0.3) is 0 Å².